The van der Waals surface area contributed by atoms with Crippen LogP contribution in [0.3, 0.4) is 0 Å². The first-order valence-corrected chi connectivity index (χ1v) is 5.79. The Kier molecular flexibility index (Phi) is 3.36. The van der Waals surface area contributed by atoms with Gasteiger partial charge in [-0.15, -0.1) is 5.10 Å². The summed E-state index contributed by atoms with van der Waals surface area (Å²) in [6.45, 7) is 1.01. The van der Waals surface area contributed by atoms with Crippen molar-refractivity contribution < 1.29 is 9.53 Å². The molecule has 1 aromatic heterocycles. The van der Waals surface area contributed by atoms with Crippen LogP contribution in [0.4, 0.5) is 0 Å². The first-order chi connectivity index (χ1) is 7.65. The third-order valence-corrected chi connectivity index (χ3v) is 3.34. The number of aryl methyl sites for hydroxylation is 1. The molecule has 0 aromatic carbocycles. The van der Waals surface area contributed by atoms with E-state index in [9.17, 15) is 4.79 Å². The van der Waals surface area contributed by atoms with Crippen molar-refractivity contribution in [1.82, 2.24) is 20.3 Å². The lowest BCUT2D eigenvalue weighted by Gasteiger charge is -2.15. The van der Waals surface area contributed by atoms with Gasteiger partial charge in [-0.3, -0.25) is 4.79 Å². The first-order valence-electron chi connectivity index (χ1n) is 4.99. The van der Waals surface area contributed by atoms with Gasteiger partial charge in [-0.1, -0.05) is 5.21 Å². The van der Waals surface area contributed by atoms with Crippen LogP contribution < -0.4 is 5.32 Å². The fraction of sp³-hybridized carbons (Fsp3) is 0.667. The molecule has 2 rings (SSSR count). The summed E-state index contributed by atoms with van der Waals surface area (Å²) >= 11 is 3.23. The van der Waals surface area contributed by atoms with E-state index in [1.807, 2.05) is 7.05 Å². The number of nitrogens with zero attached hydrogens (tertiary/aromatic N) is 3. The van der Waals surface area contributed by atoms with Gasteiger partial charge in [0.25, 0.3) is 0 Å². The number of halogens is 1. The maximum absolute atomic E-state index is 12.3. The van der Waals surface area contributed by atoms with E-state index < -0.39 is 0 Å². The minimum absolute atomic E-state index is 0.0104. The summed E-state index contributed by atoms with van der Waals surface area (Å²) in [4.78, 5) is 12.3. The number of carbonyl (C=O) groups excluding carboxylic acids is 1. The van der Waals surface area contributed by atoms with Crippen molar-refractivity contribution >= 4 is 21.7 Å². The smallest absolute Gasteiger partial charge is 0.190 e. The van der Waals surface area contributed by atoms with Crippen LogP contribution in [0.1, 0.15) is 10.5 Å². The van der Waals surface area contributed by atoms with E-state index >= 15 is 0 Å². The third-order valence-electron chi connectivity index (χ3n) is 2.81. The standard InChI is InChI=1S/C9H13BrN4O2/c1-11-6-4-16-3-5(6)8(15)7-9(10)12-13-14(7)2/h5-6,11H,3-4H2,1-2H3. The van der Waals surface area contributed by atoms with Crippen LogP contribution >= 0.6 is 15.9 Å². The molecule has 1 saturated heterocycles. The molecule has 0 bridgehead atoms. The Labute approximate surface area is 101 Å². The van der Waals surface area contributed by atoms with Crippen LogP contribution in [0.2, 0.25) is 0 Å². The second-order valence-corrected chi connectivity index (χ2v) is 4.51. The number of likely N-dealkylation sites (N-methyl/N-ethyl adjacent to an activating group) is 1. The lowest BCUT2D eigenvalue weighted by atomic mass is 9.97. The highest BCUT2D eigenvalue weighted by atomic mass is 79.9. The second kappa shape index (κ2) is 4.60. The molecule has 1 aromatic rings. The summed E-state index contributed by atoms with van der Waals surface area (Å²) in [5, 5.41) is 10.7. The number of carbonyl (C=O) groups is 1. The molecule has 0 aliphatic carbocycles. The number of rotatable bonds is 3. The zero-order chi connectivity index (χ0) is 11.7. The van der Waals surface area contributed by atoms with Crippen LogP contribution in [-0.2, 0) is 11.8 Å². The van der Waals surface area contributed by atoms with Gasteiger partial charge >= 0.3 is 0 Å². The van der Waals surface area contributed by atoms with Crippen LogP contribution in [0, 0.1) is 5.92 Å². The summed E-state index contributed by atoms with van der Waals surface area (Å²) in [5.74, 6) is -0.158. The molecule has 88 valence electrons. The van der Waals surface area contributed by atoms with E-state index in [-0.39, 0.29) is 17.7 Å². The molecule has 2 unspecified atom stereocenters. The maximum atomic E-state index is 12.3. The Bertz CT molecular complexity index is 387. The number of Topliss-reactive ketones (excluding diaryl/α,β-unsaturated/α-hetero) is 1. The molecule has 2 atom stereocenters. The number of hydrogen-bond donors (Lipinski definition) is 1. The van der Waals surface area contributed by atoms with Crippen molar-refractivity contribution in [2.24, 2.45) is 13.0 Å². The normalized spacial score (nSPS) is 24.9. The molecule has 6 nitrogen and oxygen atoms in total. The highest BCUT2D eigenvalue weighted by Crippen LogP contribution is 2.22. The Balaban J connectivity index is 2.25. The molecule has 16 heavy (non-hydrogen) atoms. The van der Waals surface area contributed by atoms with Gasteiger partial charge in [0.15, 0.2) is 10.4 Å². The molecule has 1 aliphatic rings. The zero-order valence-corrected chi connectivity index (χ0v) is 10.7. The Hall–Kier alpha value is -0.790. The average Bonchev–Trinajstić information content (AvgIpc) is 2.85. The fourth-order valence-electron chi connectivity index (χ4n) is 1.87. The number of aromatic nitrogens is 3. The predicted molar refractivity (Wildman–Crippen MR) is 60.2 cm³/mol. The van der Waals surface area contributed by atoms with E-state index in [4.69, 9.17) is 4.74 Å². The number of ketones is 1. The van der Waals surface area contributed by atoms with Gasteiger partial charge in [0.2, 0.25) is 0 Å². The predicted octanol–water partition coefficient (Wildman–Crippen LogP) is -0.00530. The molecule has 2 heterocycles. The van der Waals surface area contributed by atoms with Gasteiger partial charge in [-0.2, -0.15) is 0 Å². The quantitative estimate of drug-likeness (QED) is 0.793. The highest BCUT2D eigenvalue weighted by molar-refractivity contribution is 9.10. The molecule has 7 heteroatoms. The number of hydrogen-bond acceptors (Lipinski definition) is 5. The van der Waals surface area contributed by atoms with Crippen molar-refractivity contribution in [2.45, 2.75) is 6.04 Å². The molecule has 0 amide bonds. The zero-order valence-electron chi connectivity index (χ0n) is 9.11. The number of ether oxygens (including phenoxy) is 1. The Morgan fingerprint density at radius 3 is 2.94 bits per heavy atom. The lowest BCUT2D eigenvalue weighted by molar-refractivity contribution is 0.0882. The minimum Gasteiger partial charge on any atom is -0.379 e. The van der Waals surface area contributed by atoms with Gasteiger partial charge in [-0.05, 0) is 23.0 Å². The minimum atomic E-state index is -0.168. The fourth-order valence-corrected chi connectivity index (χ4v) is 2.39. The molecular weight excluding hydrogens is 276 g/mol. The summed E-state index contributed by atoms with van der Waals surface area (Å²) in [7, 11) is 3.53. The molecule has 0 saturated carbocycles. The summed E-state index contributed by atoms with van der Waals surface area (Å²) in [5.41, 5.74) is 0.496. The molecule has 1 aliphatic heterocycles. The van der Waals surface area contributed by atoms with Crippen LogP contribution in [0.5, 0.6) is 0 Å². The third kappa shape index (κ3) is 1.90. The van der Waals surface area contributed by atoms with E-state index in [2.05, 4.69) is 31.6 Å². The van der Waals surface area contributed by atoms with Crippen LogP contribution in [-0.4, -0.2) is 47.1 Å². The first kappa shape index (κ1) is 11.7. The average molecular weight is 289 g/mol. The van der Waals surface area contributed by atoms with Crippen molar-refractivity contribution in [1.29, 1.82) is 0 Å². The van der Waals surface area contributed by atoms with Crippen LogP contribution in [0.15, 0.2) is 4.60 Å². The molecule has 0 radical (unpaired) electrons. The molecule has 1 fully saturated rings. The van der Waals surface area contributed by atoms with Crippen molar-refractivity contribution in [2.75, 3.05) is 20.3 Å². The van der Waals surface area contributed by atoms with E-state index in [1.165, 1.54) is 4.68 Å². The van der Waals surface area contributed by atoms with Crippen LogP contribution in [0.25, 0.3) is 0 Å². The maximum Gasteiger partial charge on any atom is 0.190 e. The SMILES string of the molecule is CNC1COCC1C(=O)c1c(Br)nnn1C. The Morgan fingerprint density at radius 2 is 2.38 bits per heavy atom. The van der Waals surface area contributed by atoms with Gasteiger partial charge in [0.05, 0.1) is 19.1 Å². The monoisotopic (exact) mass is 288 g/mol. The van der Waals surface area contributed by atoms with Gasteiger partial charge in [0.1, 0.15) is 5.69 Å². The molecule has 1 N–H and O–H groups in total. The van der Waals surface area contributed by atoms with Gasteiger partial charge in [0, 0.05) is 13.1 Å². The van der Waals surface area contributed by atoms with Gasteiger partial charge in [-0.25, -0.2) is 4.68 Å². The lowest BCUT2D eigenvalue weighted by Crippen LogP contribution is -2.37. The highest BCUT2D eigenvalue weighted by Gasteiger charge is 2.36. The largest absolute Gasteiger partial charge is 0.379 e. The van der Waals surface area contributed by atoms with Crippen molar-refractivity contribution in [3.05, 3.63) is 10.3 Å². The van der Waals surface area contributed by atoms with Crippen molar-refractivity contribution in [3.8, 4) is 0 Å². The summed E-state index contributed by atoms with van der Waals surface area (Å²) in [6, 6.07) is 0.0642. The van der Waals surface area contributed by atoms with E-state index in [0.717, 1.165) is 0 Å². The van der Waals surface area contributed by atoms with E-state index in [0.29, 0.717) is 23.5 Å². The Morgan fingerprint density at radius 1 is 1.62 bits per heavy atom. The number of nitrogens with one attached hydrogen (secondary N) is 1. The van der Waals surface area contributed by atoms with Crippen molar-refractivity contribution in [3.63, 3.8) is 0 Å². The summed E-state index contributed by atoms with van der Waals surface area (Å²) in [6.07, 6.45) is 0. The second-order valence-electron chi connectivity index (χ2n) is 3.76. The summed E-state index contributed by atoms with van der Waals surface area (Å²) < 4.78 is 7.28. The van der Waals surface area contributed by atoms with Gasteiger partial charge < -0.3 is 10.1 Å². The molecule has 0 spiro atoms. The topological polar surface area (TPSA) is 69.0 Å². The molecular formula is C9H13BrN4O2. The van der Waals surface area contributed by atoms with E-state index in [1.54, 1.807) is 7.05 Å².